The van der Waals surface area contributed by atoms with Gasteiger partial charge in [0.1, 0.15) is 0 Å². The number of benzene rings is 1. The van der Waals surface area contributed by atoms with Crippen LogP contribution in [0.2, 0.25) is 0 Å². The number of thiocarbonyl (C=S) groups is 1. The number of esters is 1. The highest BCUT2D eigenvalue weighted by atomic mass is 32.1. The fourth-order valence-electron chi connectivity index (χ4n) is 5.44. The van der Waals surface area contributed by atoms with E-state index >= 15 is 0 Å². The molecule has 0 amide bonds. The van der Waals surface area contributed by atoms with Crippen LogP contribution in [-0.4, -0.2) is 39.2 Å². The molecular weight excluding hydrogens is 456 g/mol. The maximum absolute atomic E-state index is 11.7. The van der Waals surface area contributed by atoms with E-state index in [0.29, 0.717) is 24.5 Å². The van der Waals surface area contributed by atoms with Gasteiger partial charge in [-0.15, -0.1) is 0 Å². The average molecular weight is 491 g/mol. The Kier molecular flexibility index (Phi) is 7.26. The zero-order valence-corrected chi connectivity index (χ0v) is 22.2. The average Bonchev–Trinajstić information content (AvgIpc) is 3.29. The maximum atomic E-state index is 11.7. The van der Waals surface area contributed by atoms with Gasteiger partial charge in [0, 0.05) is 30.6 Å². The van der Waals surface area contributed by atoms with E-state index in [0.717, 1.165) is 5.69 Å². The van der Waals surface area contributed by atoms with Crippen LogP contribution in [0.25, 0.3) is 5.69 Å². The Morgan fingerprint density at radius 1 is 1.11 bits per heavy atom. The van der Waals surface area contributed by atoms with Crippen LogP contribution >= 0.6 is 12.2 Å². The molecule has 1 aliphatic heterocycles. The number of carbonyl (C=O) groups excluding carboxylic acids is 1. The topological polar surface area (TPSA) is 59.4 Å². The van der Waals surface area contributed by atoms with Gasteiger partial charge in [0.15, 0.2) is 5.11 Å². The molecule has 1 aliphatic rings. The molecule has 6 nitrogen and oxygen atoms in total. The second-order valence-electron chi connectivity index (χ2n) is 9.41. The Labute approximate surface area is 213 Å². The normalized spacial score (nSPS) is 17.5. The van der Waals surface area contributed by atoms with Crippen LogP contribution in [0.15, 0.2) is 42.6 Å². The maximum Gasteiger partial charge on any atom is 0.305 e. The van der Waals surface area contributed by atoms with Crippen LogP contribution in [0.4, 0.5) is 0 Å². The zero-order valence-electron chi connectivity index (χ0n) is 21.4. The number of nitrogens with zero attached hydrogens (tertiary/aromatic N) is 3. The summed E-state index contributed by atoms with van der Waals surface area (Å²) in [6.07, 6.45) is 2.84. The first-order valence-electron chi connectivity index (χ1n) is 12.0. The fourth-order valence-corrected chi connectivity index (χ4v) is 5.77. The number of aromatic nitrogens is 2. The highest BCUT2D eigenvalue weighted by Crippen LogP contribution is 2.42. The number of ether oxygens (including phenoxy) is 1. The van der Waals surface area contributed by atoms with Crippen molar-refractivity contribution in [3.63, 3.8) is 0 Å². The van der Waals surface area contributed by atoms with Crippen LogP contribution in [-0.2, 0) is 9.53 Å². The highest BCUT2D eigenvalue weighted by molar-refractivity contribution is 7.80. The van der Waals surface area contributed by atoms with Crippen molar-refractivity contribution in [1.82, 2.24) is 19.8 Å². The molecule has 0 spiro atoms. The minimum atomic E-state index is -0.204. The second-order valence-corrected chi connectivity index (χ2v) is 9.80. The number of rotatable bonds is 7. The molecule has 184 valence electrons. The van der Waals surface area contributed by atoms with Gasteiger partial charge < -0.3 is 19.5 Å². The first kappa shape index (κ1) is 24.9. The summed E-state index contributed by atoms with van der Waals surface area (Å²) in [4.78, 5) is 18.6. The van der Waals surface area contributed by atoms with Gasteiger partial charge in [0.2, 0.25) is 0 Å². The molecule has 4 rings (SSSR count). The molecule has 0 saturated carbocycles. The zero-order chi connectivity index (χ0) is 25.3. The third-order valence-electron chi connectivity index (χ3n) is 6.85. The van der Waals surface area contributed by atoms with E-state index in [4.69, 9.17) is 17.0 Å². The van der Waals surface area contributed by atoms with E-state index in [-0.39, 0.29) is 18.1 Å². The Morgan fingerprint density at radius 2 is 1.83 bits per heavy atom. The Morgan fingerprint density at radius 3 is 2.46 bits per heavy atom. The molecule has 0 unspecified atom stereocenters. The third-order valence-corrected chi connectivity index (χ3v) is 7.21. The molecule has 0 aliphatic carbocycles. The van der Waals surface area contributed by atoms with Crippen LogP contribution in [0.3, 0.4) is 0 Å². The molecule has 1 saturated heterocycles. The second kappa shape index (κ2) is 10.2. The van der Waals surface area contributed by atoms with Crippen molar-refractivity contribution in [1.29, 1.82) is 0 Å². The van der Waals surface area contributed by atoms with Gasteiger partial charge in [-0.05, 0) is 88.1 Å². The predicted molar refractivity (Wildman–Crippen MR) is 143 cm³/mol. The van der Waals surface area contributed by atoms with Crippen LogP contribution in [0, 0.1) is 34.6 Å². The summed E-state index contributed by atoms with van der Waals surface area (Å²) in [5.74, 6) is -0.204. The predicted octanol–water partition coefficient (Wildman–Crippen LogP) is 5.34. The lowest BCUT2D eigenvalue weighted by molar-refractivity contribution is -0.140. The van der Waals surface area contributed by atoms with Crippen molar-refractivity contribution in [2.24, 2.45) is 0 Å². The molecule has 3 heterocycles. The Bertz CT molecular complexity index is 1230. The molecule has 1 fully saturated rings. The molecule has 7 heteroatoms. The summed E-state index contributed by atoms with van der Waals surface area (Å²) >= 11 is 5.80. The summed E-state index contributed by atoms with van der Waals surface area (Å²) in [7, 11) is 1.42. The molecule has 0 bridgehead atoms. The molecule has 1 aromatic carbocycles. The minimum Gasteiger partial charge on any atom is -0.469 e. The third kappa shape index (κ3) is 4.82. The first-order chi connectivity index (χ1) is 16.7. The van der Waals surface area contributed by atoms with Crippen molar-refractivity contribution in [3.8, 4) is 5.69 Å². The Hall–Kier alpha value is -3.19. The monoisotopic (exact) mass is 490 g/mol. The number of carbonyl (C=O) groups is 1. The highest BCUT2D eigenvalue weighted by Gasteiger charge is 2.41. The van der Waals surface area contributed by atoms with Crippen molar-refractivity contribution in [2.45, 2.75) is 59.5 Å². The molecule has 35 heavy (non-hydrogen) atoms. The lowest BCUT2D eigenvalue weighted by Gasteiger charge is -2.28. The van der Waals surface area contributed by atoms with Gasteiger partial charge >= 0.3 is 5.97 Å². The van der Waals surface area contributed by atoms with Gasteiger partial charge in [0.05, 0.1) is 30.6 Å². The van der Waals surface area contributed by atoms with Crippen molar-refractivity contribution in [3.05, 3.63) is 81.9 Å². The SMILES string of the molecule is COC(=O)CCCN1C(=S)N[C@@H](c2ccccn2)[C@@H]1c1cc(C)n(-c2c(C)cc(C)cc2C)c1C. The summed E-state index contributed by atoms with van der Waals surface area (Å²) < 4.78 is 7.21. The van der Waals surface area contributed by atoms with Gasteiger partial charge in [-0.2, -0.15) is 0 Å². The van der Waals surface area contributed by atoms with E-state index < -0.39 is 0 Å². The number of pyridine rings is 1. The molecule has 2 aromatic heterocycles. The van der Waals surface area contributed by atoms with Crippen LogP contribution in [0.5, 0.6) is 0 Å². The van der Waals surface area contributed by atoms with Crippen molar-refractivity contribution < 1.29 is 9.53 Å². The largest absolute Gasteiger partial charge is 0.469 e. The number of methoxy groups -OCH3 is 1. The summed E-state index contributed by atoms with van der Waals surface area (Å²) in [6.45, 7) is 11.5. The molecule has 2 atom stereocenters. The van der Waals surface area contributed by atoms with Gasteiger partial charge in [-0.3, -0.25) is 9.78 Å². The number of nitrogens with one attached hydrogen (secondary N) is 1. The number of hydrogen-bond donors (Lipinski definition) is 1. The van der Waals surface area contributed by atoms with Gasteiger partial charge in [0.25, 0.3) is 0 Å². The standard InChI is InChI=1S/C28H34N4O2S/c1-17-14-18(2)26(19(3)15-17)32-20(4)16-22(21(32)5)27-25(23-10-7-8-12-29-23)30-28(35)31(27)13-9-11-24(33)34-6/h7-8,10,12,14-16,25,27H,9,11,13H2,1-6H3,(H,30,35)/t25-,27-/m0/s1. The molecule has 1 N–H and O–H groups in total. The van der Waals surface area contributed by atoms with Crippen LogP contribution in [0.1, 0.15) is 64.3 Å². The van der Waals surface area contributed by atoms with E-state index in [1.807, 2.05) is 24.4 Å². The smallest absolute Gasteiger partial charge is 0.305 e. The van der Waals surface area contributed by atoms with Crippen LogP contribution < -0.4 is 5.32 Å². The summed E-state index contributed by atoms with van der Waals surface area (Å²) in [5.41, 5.74) is 9.54. The number of aryl methyl sites for hydroxylation is 4. The van der Waals surface area contributed by atoms with E-state index in [1.54, 1.807) is 0 Å². The van der Waals surface area contributed by atoms with Gasteiger partial charge in [-0.25, -0.2) is 0 Å². The Balaban J connectivity index is 1.80. The van der Waals surface area contributed by atoms with Crippen molar-refractivity contribution >= 4 is 23.3 Å². The lowest BCUT2D eigenvalue weighted by atomic mass is 9.96. The molecule has 3 aromatic rings. The van der Waals surface area contributed by atoms with E-state index in [9.17, 15) is 4.79 Å². The minimum absolute atomic E-state index is 0.0407. The quantitative estimate of drug-likeness (QED) is 0.356. The molecular formula is C28H34N4O2S. The first-order valence-corrected chi connectivity index (χ1v) is 12.5. The fraction of sp³-hybridized carbons (Fsp3) is 0.393. The van der Waals surface area contributed by atoms with Crippen molar-refractivity contribution in [2.75, 3.05) is 13.7 Å². The van der Waals surface area contributed by atoms with Gasteiger partial charge in [-0.1, -0.05) is 23.8 Å². The van der Waals surface area contributed by atoms with E-state index in [1.165, 1.54) is 46.4 Å². The molecule has 0 radical (unpaired) electrons. The summed E-state index contributed by atoms with van der Waals surface area (Å²) in [6, 6.07) is 12.6. The summed E-state index contributed by atoms with van der Waals surface area (Å²) in [5, 5.41) is 4.20. The van der Waals surface area contributed by atoms with E-state index in [2.05, 4.69) is 72.6 Å². The number of hydrogen-bond acceptors (Lipinski definition) is 4. The lowest BCUT2D eigenvalue weighted by Crippen LogP contribution is -2.31.